The van der Waals surface area contributed by atoms with E-state index in [1.54, 1.807) is 24.4 Å². The Morgan fingerprint density at radius 1 is 0.523 bits per heavy atom. The standard InChI is InChI=1S/C61H59N3O/c1-39-33-55(51(41-21-15-12-16-22-41)38-50(39)42-27-29-46(30-28-42)59(2,3)4)64-54-26-18-23-48(56(54)63-58(64)49-24-17-25-52(57(49)65)61(8,9)10)44-34-45(36-47(35-44)60(5,6)7)53-37-43(31-32-62-53)40-19-13-11-14-20-40/h11-38,65H,1-10H3/i1D3,11D,13D,14D,19D,20D. The van der Waals surface area contributed by atoms with Crippen molar-refractivity contribution < 1.29 is 16.1 Å². The molecule has 0 unspecified atom stereocenters. The van der Waals surface area contributed by atoms with Crippen molar-refractivity contribution in [2.75, 3.05) is 0 Å². The Morgan fingerprint density at radius 3 is 1.89 bits per heavy atom. The maximum Gasteiger partial charge on any atom is 0.149 e. The van der Waals surface area contributed by atoms with Gasteiger partial charge in [-0.1, -0.05) is 177 Å². The average molecular weight is 858 g/mol. The molecule has 2 heterocycles. The van der Waals surface area contributed by atoms with Crippen LogP contribution in [0.15, 0.2) is 170 Å². The number of aromatic nitrogens is 3. The van der Waals surface area contributed by atoms with E-state index in [0.29, 0.717) is 44.9 Å². The fourth-order valence-corrected chi connectivity index (χ4v) is 8.60. The third-order valence-corrected chi connectivity index (χ3v) is 12.2. The van der Waals surface area contributed by atoms with Gasteiger partial charge < -0.3 is 5.11 Å². The van der Waals surface area contributed by atoms with Crippen molar-refractivity contribution in [3.8, 4) is 78.6 Å². The molecule has 0 spiro atoms. The molecular formula is C61H59N3O. The van der Waals surface area contributed by atoms with Crippen molar-refractivity contribution >= 4 is 11.0 Å². The third kappa shape index (κ3) is 8.42. The number of aryl methyl sites for hydroxylation is 1. The van der Waals surface area contributed by atoms with Crippen molar-refractivity contribution in [2.24, 2.45) is 0 Å². The van der Waals surface area contributed by atoms with E-state index in [1.165, 1.54) is 0 Å². The molecule has 0 aliphatic carbocycles. The molecule has 9 rings (SSSR count). The molecule has 0 aliphatic heterocycles. The minimum absolute atomic E-state index is 0.0723. The summed E-state index contributed by atoms with van der Waals surface area (Å²) in [5.41, 5.74) is 10.8. The first-order valence-corrected chi connectivity index (χ1v) is 22.1. The number of hydrogen-bond donors (Lipinski definition) is 1. The third-order valence-electron chi connectivity index (χ3n) is 12.2. The first-order chi connectivity index (χ1) is 34.2. The second kappa shape index (κ2) is 16.5. The highest BCUT2D eigenvalue weighted by atomic mass is 16.3. The lowest BCUT2D eigenvalue weighted by Crippen LogP contribution is -2.12. The zero-order chi connectivity index (χ0) is 52.7. The van der Waals surface area contributed by atoms with Crippen LogP contribution in [0, 0.1) is 6.85 Å². The number of nitrogens with zero attached hydrogens (tertiary/aromatic N) is 3. The van der Waals surface area contributed by atoms with E-state index in [1.807, 2.05) is 116 Å². The van der Waals surface area contributed by atoms with Gasteiger partial charge in [-0.25, -0.2) is 4.98 Å². The van der Waals surface area contributed by atoms with Crippen LogP contribution >= 0.6 is 0 Å². The number of aromatic hydroxyl groups is 1. The number of rotatable bonds is 7. The van der Waals surface area contributed by atoms with Gasteiger partial charge in [-0.2, -0.15) is 0 Å². The first kappa shape index (κ1) is 34.4. The molecule has 0 saturated heterocycles. The Morgan fingerprint density at radius 2 is 1.20 bits per heavy atom. The molecule has 0 fully saturated rings. The maximum absolute atomic E-state index is 12.4. The van der Waals surface area contributed by atoms with Gasteiger partial charge in [0.2, 0.25) is 0 Å². The number of pyridine rings is 1. The van der Waals surface area contributed by atoms with Crippen LogP contribution in [-0.4, -0.2) is 19.6 Å². The zero-order valence-corrected chi connectivity index (χ0v) is 38.6. The summed E-state index contributed by atoms with van der Waals surface area (Å²) < 4.78 is 71.5. The molecule has 9 aromatic rings. The fourth-order valence-electron chi connectivity index (χ4n) is 8.60. The molecule has 7 aromatic carbocycles. The maximum atomic E-state index is 12.4. The fraction of sp³-hybridized carbons (Fsp3) is 0.213. The second-order valence-corrected chi connectivity index (χ2v) is 20.0. The number of para-hydroxylation sites is 2. The van der Waals surface area contributed by atoms with Crippen LogP contribution in [0.4, 0.5) is 0 Å². The number of hydrogen-bond acceptors (Lipinski definition) is 3. The number of fused-ring (bicyclic) bond motifs is 1. The van der Waals surface area contributed by atoms with Gasteiger partial charge in [0.05, 0.1) is 34.8 Å². The van der Waals surface area contributed by atoms with Crippen molar-refractivity contribution in [1.29, 1.82) is 0 Å². The summed E-state index contributed by atoms with van der Waals surface area (Å²) in [6.45, 7) is 16.4. The molecule has 0 amide bonds. The van der Waals surface area contributed by atoms with Crippen LogP contribution in [0.1, 0.15) is 95.5 Å². The van der Waals surface area contributed by atoms with Crippen LogP contribution in [0.25, 0.3) is 83.9 Å². The predicted molar refractivity (Wildman–Crippen MR) is 274 cm³/mol. The van der Waals surface area contributed by atoms with Gasteiger partial charge >= 0.3 is 0 Å². The highest BCUT2D eigenvalue weighted by Crippen LogP contribution is 2.45. The average Bonchev–Trinajstić information content (AvgIpc) is 3.73. The van der Waals surface area contributed by atoms with E-state index in [2.05, 4.69) is 65.8 Å². The summed E-state index contributed by atoms with van der Waals surface area (Å²) in [5, 5.41) is 12.4. The summed E-state index contributed by atoms with van der Waals surface area (Å²) in [7, 11) is 0. The topological polar surface area (TPSA) is 50.9 Å². The van der Waals surface area contributed by atoms with Gasteiger partial charge in [-0.3, -0.25) is 9.55 Å². The van der Waals surface area contributed by atoms with Crippen molar-refractivity contribution in [3.63, 3.8) is 0 Å². The van der Waals surface area contributed by atoms with E-state index < -0.39 is 30.4 Å². The highest BCUT2D eigenvalue weighted by molar-refractivity contribution is 5.98. The molecule has 4 heteroatoms. The second-order valence-electron chi connectivity index (χ2n) is 20.0. The van der Waals surface area contributed by atoms with Crippen molar-refractivity contribution in [1.82, 2.24) is 14.5 Å². The Kier molecular flexibility index (Phi) is 8.73. The van der Waals surface area contributed by atoms with Gasteiger partial charge in [0.25, 0.3) is 0 Å². The van der Waals surface area contributed by atoms with Gasteiger partial charge in [0, 0.05) is 27.0 Å². The van der Waals surface area contributed by atoms with Crippen LogP contribution in [-0.2, 0) is 16.2 Å². The largest absolute Gasteiger partial charge is 0.507 e. The molecule has 0 aliphatic rings. The van der Waals surface area contributed by atoms with E-state index >= 15 is 0 Å². The zero-order valence-electron chi connectivity index (χ0n) is 46.6. The van der Waals surface area contributed by atoms with Crippen LogP contribution in [0.3, 0.4) is 0 Å². The minimum atomic E-state index is -2.53. The number of phenolic OH excluding ortho intramolecular Hbond substituents is 1. The summed E-state index contributed by atoms with van der Waals surface area (Å²) in [6, 6.07) is 41.2. The Hall–Kier alpha value is -7.04. The lowest BCUT2D eigenvalue weighted by Gasteiger charge is -2.23. The smallest absolute Gasteiger partial charge is 0.149 e. The van der Waals surface area contributed by atoms with Crippen LogP contribution in [0.5, 0.6) is 5.75 Å². The summed E-state index contributed by atoms with van der Waals surface area (Å²) in [4.78, 5) is 10.3. The van der Waals surface area contributed by atoms with Crippen LogP contribution in [0.2, 0.25) is 0 Å². The van der Waals surface area contributed by atoms with Crippen molar-refractivity contribution in [3.05, 3.63) is 192 Å². The SMILES string of the molecule is [2H]c1c([2H])c([2H])c(-c2ccnc(-c3cc(-c4cccc5c4nc(-c4cccc(C(C)(C)C)c4O)n5-c4cc(C([2H])([2H])[2H])c(-c5ccc(C(C)(C)C)cc5)cc4-c4ccccc4)cc(C(C)(C)C)c3)c2)c([2H])c1[2H]. The molecule has 0 bridgehead atoms. The van der Waals surface area contributed by atoms with Crippen molar-refractivity contribution in [2.45, 2.75) is 85.4 Å². The van der Waals surface area contributed by atoms with Gasteiger partial charge in [0.15, 0.2) is 0 Å². The molecular weight excluding hydrogens is 791 g/mol. The first-order valence-electron chi connectivity index (χ1n) is 26.1. The van der Waals surface area contributed by atoms with Gasteiger partial charge in [-0.05, 0) is 127 Å². The summed E-state index contributed by atoms with van der Waals surface area (Å²) >= 11 is 0. The Balaban J connectivity index is 1.35. The Labute approximate surface area is 396 Å². The monoisotopic (exact) mass is 858 g/mol. The lowest BCUT2D eigenvalue weighted by atomic mass is 9.83. The molecule has 324 valence electrons. The molecule has 0 atom stereocenters. The van der Waals surface area contributed by atoms with Crippen LogP contribution < -0.4 is 0 Å². The van der Waals surface area contributed by atoms with E-state index in [9.17, 15) is 5.11 Å². The molecule has 0 saturated carbocycles. The van der Waals surface area contributed by atoms with E-state index in [0.717, 1.165) is 50.1 Å². The Bertz CT molecular complexity index is 3580. The van der Waals surface area contributed by atoms with Gasteiger partial charge in [0.1, 0.15) is 11.6 Å². The lowest BCUT2D eigenvalue weighted by molar-refractivity contribution is 0.448. The molecule has 2 aromatic heterocycles. The predicted octanol–water partition coefficient (Wildman–Crippen LogP) is 16.3. The molecule has 4 nitrogen and oxygen atoms in total. The highest BCUT2D eigenvalue weighted by Gasteiger charge is 2.27. The quantitative estimate of drug-likeness (QED) is 0.174. The number of imidazole rings is 1. The summed E-state index contributed by atoms with van der Waals surface area (Å²) in [6.07, 6.45) is 1.59. The van der Waals surface area contributed by atoms with Gasteiger partial charge in [-0.15, -0.1) is 0 Å². The molecule has 1 N–H and O–H groups in total. The molecule has 65 heavy (non-hydrogen) atoms. The summed E-state index contributed by atoms with van der Waals surface area (Å²) in [5.74, 6) is 0.491. The van der Waals surface area contributed by atoms with E-state index in [4.69, 9.17) is 20.9 Å². The van der Waals surface area contributed by atoms with E-state index in [-0.39, 0.29) is 39.8 Å². The minimum Gasteiger partial charge on any atom is -0.507 e. The number of benzene rings is 7. The normalized spacial score (nSPS) is 14.2. The number of phenols is 1. The molecule has 0 radical (unpaired) electrons.